The van der Waals surface area contributed by atoms with Crippen molar-refractivity contribution in [3.63, 3.8) is 0 Å². The average Bonchev–Trinajstić information content (AvgIpc) is 2.83. The molecule has 0 atom stereocenters. The number of benzene rings is 1. The van der Waals surface area contributed by atoms with E-state index >= 15 is 0 Å². The van der Waals surface area contributed by atoms with Crippen LogP contribution in [-0.4, -0.2) is 23.9 Å². The van der Waals surface area contributed by atoms with Gasteiger partial charge in [-0.2, -0.15) is 0 Å². The molecule has 0 N–H and O–H groups in total. The lowest BCUT2D eigenvalue weighted by Crippen LogP contribution is -2.25. The normalized spacial score (nSPS) is 16.6. The zero-order chi connectivity index (χ0) is 11.4. The van der Waals surface area contributed by atoms with Crippen molar-refractivity contribution in [2.75, 3.05) is 13.1 Å². The first-order chi connectivity index (χ1) is 7.77. The summed E-state index contributed by atoms with van der Waals surface area (Å²) in [4.78, 5) is 13.6. The molecule has 2 rings (SSSR count). The number of halogens is 1. The number of nitrogens with zero attached hydrogens (tertiary/aromatic N) is 1. The zero-order valence-corrected chi connectivity index (χ0v) is 9.78. The van der Waals surface area contributed by atoms with E-state index in [1.54, 1.807) is 0 Å². The highest BCUT2D eigenvalue weighted by atomic mass is 35.5. The molecular formula is C13H14ClNO. The fraction of sp³-hybridized carbons (Fsp3) is 0.308. The quantitative estimate of drug-likeness (QED) is 0.722. The van der Waals surface area contributed by atoms with Crippen molar-refractivity contribution in [3.05, 3.63) is 42.0 Å². The summed E-state index contributed by atoms with van der Waals surface area (Å²) in [6.45, 7) is 1.71. The van der Waals surface area contributed by atoms with E-state index in [-0.39, 0.29) is 5.91 Å². The molecule has 0 saturated carbocycles. The molecule has 16 heavy (non-hydrogen) atoms. The zero-order valence-electron chi connectivity index (χ0n) is 9.03. The highest BCUT2D eigenvalue weighted by Crippen LogP contribution is 2.19. The van der Waals surface area contributed by atoms with Gasteiger partial charge in [0, 0.05) is 19.2 Å². The van der Waals surface area contributed by atoms with E-state index < -0.39 is 0 Å². The van der Waals surface area contributed by atoms with Crippen LogP contribution in [0.4, 0.5) is 0 Å². The number of hydrogen-bond acceptors (Lipinski definition) is 1. The van der Waals surface area contributed by atoms with Gasteiger partial charge in [-0.25, -0.2) is 0 Å². The Hall–Kier alpha value is -1.28. The number of likely N-dealkylation sites (tertiary alicyclic amines) is 1. The first kappa shape index (κ1) is 11.2. The molecule has 0 spiro atoms. The summed E-state index contributed by atoms with van der Waals surface area (Å²) in [5, 5.41) is 0.512. The van der Waals surface area contributed by atoms with Crippen molar-refractivity contribution in [1.82, 2.24) is 4.90 Å². The predicted molar refractivity (Wildman–Crippen MR) is 66.1 cm³/mol. The smallest absolute Gasteiger partial charge is 0.248 e. The third-order valence-corrected chi connectivity index (χ3v) is 3.04. The first-order valence-corrected chi connectivity index (χ1v) is 5.87. The Morgan fingerprint density at radius 3 is 2.44 bits per heavy atom. The summed E-state index contributed by atoms with van der Waals surface area (Å²) >= 11 is 6.09. The predicted octanol–water partition coefficient (Wildman–Crippen LogP) is 2.89. The Labute approximate surface area is 101 Å². The largest absolute Gasteiger partial charge is 0.339 e. The van der Waals surface area contributed by atoms with Gasteiger partial charge in [0.15, 0.2) is 0 Å². The van der Waals surface area contributed by atoms with Gasteiger partial charge < -0.3 is 4.90 Å². The van der Waals surface area contributed by atoms with Gasteiger partial charge in [0.1, 0.15) is 0 Å². The number of amides is 1. The maximum atomic E-state index is 11.8. The molecule has 0 radical (unpaired) electrons. The van der Waals surface area contributed by atoms with Gasteiger partial charge in [0.05, 0.1) is 5.03 Å². The van der Waals surface area contributed by atoms with E-state index in [0.29, 0.717) is 5.03 Å². The van der Waals surface area contributed by atoms with E-state index in [1.165, 1.54) is 6.08 Å². The van der Waals surface area contributed by atoms with Crippen molar-refractivity contribution in [2.24, 2.45) is 0 Å². The van der Waals surface area contributed by atoms with Gasteiger partial charge in [0.25, 0.3) is 0 Å². The van der Waals surface area contributed by atoms with E-state index in [9.17, 15) is 4.79 Å². The number of carbonyl (C=O) groups is 1. The Kier molecular flexibility index (Phi) is 3.62. The second-order valence-electron chi connectivity index (χ2n) is 3.89. The monoisotopic (exact) mass is 235 g/mol. The van der Waals surface area contributed by atoms with E-state index in [2.05, 4.69) is 0 Å². The van der Waals surface area contributed by atoms with E-state index in [4.69, 9.17) is 11.6 Å². The minimum atomic E-state index is 0.0198. The van der Waals surface area contributed by atoms with Gasteiger partial charge in [-0.1, -0.05) is 41.9 Å². The SMILES string of the molecule is O=C(/C=C(\Cl)c1ccccc1)N1CCCC1. The Morgan fingerprint density at radius 2 is 1.81 bits per heavy atom. The van der Waals surface area contributed by atoms with Crippen LogP contribution >= 0.6 is 11.6 Å². The van der Waals surface area contributed by atoms with Gasteiger partial charge >= 0.3 is 0 Å². The minimum Gasteiger partial charge on any atom is -0.339 e. The molecule has 0 bridgehead atoms. The van der Waals surface area contributed by atoms with E-state index in [0.717, 1.165) is 31.5 Å². The van der Waals surface area contributed by atoms with Crippen LogP contribution in [0.1, 0.15) is 18.4 Å². The van der Waals surface area contributed by atoms with Crippen molar-refractivity contribution in [3.8, 4) is 0 Å². The van der Waals surface area contributed by atoms with Crippen molar-refractivity contribution in [2.45, 2.75) is 12.8 Å². The topological polar surface area (TPSA) is 20.3 Å². The molecule has 3 heteroatoms. The van der Waals surface area contributed by atoms with Crippen LogP contribution in [0, 0.1) is 0 Å². The summed E-state index contributed by atoms with van der Waals surface area (Å²) in [5.74, 6) is 0.0198. The molecule has 1 aromatic rings. The molecule has 1 heterocycles. The highest BCUT2D eigenvalue weighted by Gasteiger charge is 2.16. The van der Waals surface area contributed by atoms with Crippen LogP contribution in [0.15, 0.2) is 36.4 Å². The number of hydrogen-bond donors (Lipinski definition) is 0. The lowest BCUT2D eigenvalue weighted by Gasteiger charge is -2.12. The number of rotatable bonds is 2. The lowest BCUT2D eigenvalue weighted by atomic mass is 10.2. The van der Waals surface area contributed by atoms with Crippen molar-refractivity contribution >= 4 is 22.5 Å². The summed E-state index contributed by atoms with van der Waals surface area (Å²) in [6, 6.07) is 9.54. The third kappa shape index (κ3) is 2.64. The summed E-state index contributed by atoms with van der Waals surface area (Å²) in [5.41, 5.74) is 0.886. The molecule has 1 amide bonds. The molecule has 1 saturated heterocycles. The number of carbonyl (C=O) groups excluding carboxylic acids is 1. The van der Waals surface area contributed by atoms with Gasteiger partial charge in [-0.15, -0.1) is 0 Å². The minimum absolute atomic E-state index is 0.0198. The van der Waals surface area contributed by atoms with Crippen LogP contribution in [0.5, 0.6) is 0 Å². The Bertz CT molecular complexity index is 394. The molecule has 1 aliphatic heterocycles. The molecule has 1 fully saturated rings. The van der Waals surface area contributed by atoms with Crippen LogP contribution in [0.3, 0.4) is 0 Å². The molecule has 0 unspecified atom stereocenters. The molecule has 1 aliphatic rings. The molecular weight excluding hydrogens is 222 g/mol. The Balaban J connectivity index is 2.09. The van der Waals surface area contributed by atoms with Crippen LogP contribution in [0.25, 0.3) is 5.03 Å². The second-order valence-corrected chi connectivity index (χ2v) is 4.30. The average molecular weight is 236 g/mol. The first-order valence-electron chi connectivity index (χ1n) is 5.49. The fourth-order valence-electron chi connectivity index (χ4n) is 1.82. The van der Waals surface area contributed by atoms with Crippen LogP contribution in [-0.2, 0) is 4.79 Å². The molecule has 0 aromatic heterocycles. The maximum Gasteiger partial charge on any atom is 0.248 e. The van der Waals surface area contributed by atoms with E-state index in [1.807, 2.05) is 35.2 Å². The highest BCUT2D eigenvalue weighted by molar-refractivity contribution is 6.50. The Morgan fingerprint density at radius 1 is 1.19 bits per heavy atom. The van der Waals surface area contributed by atoms with Gasteiger partial charge in [-0.05, 0) is 18.4 Å². The fourth-order valence-corrected chi connectivity index (χ4v) is 2.04. The molecule has 0 aliphatic carbocycles. The second kappa shape index (κ2) is 5.17. The van der Waals surface area contributed by atoms with Crippen molar-refractivity contribution < 1.29 is 4.79 Å². The molecule has 84 valence electrons. The molecule has 1 aromatic carbocycles. The van der Waals surface area contributed by atoms with Crippen molar-refractivity contribution in [1.29, 1.82) is 0 Å². The standard InChI is InChI=1S/C13H14ClNO/c14-12(11-6-2-1-3-7-11)10-13(16)15-8-4-5-9-15/h1-3,6-7,10H,4-5,8-9H2/b12-10-. The molecule has 2 nitrogen and oxygen atoms in total. The maximum absolute atomic E-state index is 11.8. The van der Waals surface area contributed by atoms with Crippen LogP contribution < -0.4 is 0 Å². The summed E-state index contributed by atoms with van der Waals surface area (Å²) in [7, 11) is 0. The third-order valence-electron chi connectivity index (χ3n) is 2.72. The lowest BCUT2D eigenvalue weighted by molar-refractivity contribution is -0.124. The summed E-state index contributed by atoms with van der Waals surface area (Å²) in [6.07, 6.45) is 3.72. The van der Waals surface area contributed by atoms with Gasteiger partial charge in [0.2, 0.25) is 5.91 Å². The van der Waals surface area contributed by atoms with Gasteiger partial charge in [-0.3, -0.25) is 4.79 Å². The summed E-state index contributed by atoms with van der Waals surface area (Å²) < 4.78 is 0. The van der Waals surface area contributed by atoms with Crippen LogP contribution in [0.2, 0.25) is 0 Å².